The van der Waals surface area contributed by atoms with Gasteiger partial charge in [0, 0.05) is 13.6 Å². The van der Waals surface area contributed by atoms with E-state index in [4.69, 9.17) is 4.74 Å². The Labute approximate surface area is 134 Å². The molecule has 0 bridgehead atoms. The molecule has 1 amide bonds. The molecule has 8 nitrogen and oxygen atoms in total. The number of benzene rings is 1. The fourth-order valence-corrected chi connectivity index (χ4v) is 3.80. The molecule has 1 aromatic carbocycles. The Balaban J connectivity index is 2.40. The molecule has 0 spiro atoms. The lowest BCUT2D eigenvalue weighted by atomic mass is 10.2. The zero-order valence-corrected chi connectivity index (χ0v) is 13.9. The highest BCUT2D eigenvalue weighted by molar-refractivity contribution is 7.89. The quantitative estimate of drug-likeness (QED) is 0.698. The van der Waals surface area contributed by atoms with Crippen molar-refractivity contribution >= 4 is 21.9 Å². The lowest BCUT2D eigenvalue weighted by molar-refractivity contribution is -0.150. The number of ether oxygens (including phenoxy) is 2. The van der Waals surface area contributed by atoms with Gasteiger partial charge in [0.15, 0.2) is 0 Å². The lowest BCUT2D eigenvalue weighted by Crippen LogP contribution is -2.59. The van der Waals surface area contributed by atoms with E-state index in [2.05, 4.69) is 4.74 Å². The van der Waals surface area contributed by atoms with Gasteiger partial charge in [-0.1, -0.05) is 0 Å². The second-order valence-corrected chi connectivity index (χ2v) is 6.93. The number of hydrogen-bond acceptors (Lipinski definition) is 6. The van der Waals surface area contributed by atoms with Gasteiger partial charge in [0.05, 0.1) is 25.7 Å². The number of carbonyl (C=O) groups excluding carboxylic acids is 2. The van der Waals surface area contributed by atoms with E-state index in [-0.39, 0.29) is 17.3 Å². The van der Waals surface area contributed by atoms with Crippen molar-refractivity contribution in [1.29, 1.82) is 0 Å². The van der Waals surface area contributed by atoms with Gasteiger partial charge in [-0.05, 0) is 24.3 Å². The summed E-state index contributed by atoms with van der Waals surface area (Å²) >= 11 is 0. The van der Waals surface area contributed by atoms with Crippen LogP contribution in [0.25, 0.3) is 0 Å². The molecule has 0 aliphatic carbocycles. The summed E-state index contributed by atoms with van der Waals surface area (Å²) in [7, 11) is 0.137. The van der Waals surface area contributed by atoms with E-state index in [9.17, 15) is 18.0 Å². The second-order valence-electron chi connectivity index (χ2n) is 5.04. The number of sulfonamides is 1. The third-order valence-corrected chi connectivity index (χ3v) is 5.52. The van der Waals surface area contributed by atoms with Crippen LogP contribution in [0.1, 0.15) is 0 Å². The number of methoxy groups -OCH3 is 2. The summed E-state index contributed by atoms with van der Waals surface area (Å²) in [5, 5.41) is 0. The first-order chi connectivity index (χ1) is 10.8. The molecular formula is C14H18N2O6S. The average molecular weight is 342 g/mol. The number of amides is 1. The number of nitrogens with zero attached hydrogens (tertiary/aromatic N) is 2. The standard InChI is InChI=1S/C14H18N2O6S/c1-15-8-12(14(18)22-3)16(9-13(15)17)23(19,20)11-6-4-10(21-2)5-7-11/h4-7,12H,8-9H2,1-3H3. The van der Waals surface area contributed by atoms with Crippen LogP contribution in [-0.2, 0) is 24.3 Å². The predicted octanol–water partition coefficient (Wildman–Crippen LogP) is -0.300. The van der Waals surface area contributed by atoms with Crippen LogP contribution in [0.5, 0.6) is 5.75 Å². The molecule has 1 aliphatic heterocycles. The molecule has 23 heavy (non-hydrogen) atoms. The van der Waals surface area contributed by atoms with Gasteiger partial charge < -0.3 is 14.4 Å². The molecule has 1 saturated heterocycles. The van der Waals surface area contributed by atoms with Crippen LogP contribution in [0.15, 0.2) is 29.2 Å². The van der Waals surface area contributed by atoms with Crippen LogP contribution in [0.2, 0.25) is 0 Å². The minimum absolute atomic E-state index is 0.0236. The first-order valence-electron chi connectivity index (χ1n) is 6.79. The van der Waals surface area contributed by atoms with Crippen molar-refractivity contribution in [2.24, 2.45) is 0 Å². The molecule has 1 fully saturated rings. The second kappa shape index (κ2) is 6.55. The average Bonchev–Trinajstić information content (AvgIpc) is 2.56. The molecule has 0 radical (unpaired) electrons. The molecule has 126 valence electrons. The molecule has 1 aliphatic rings. The number of rotatable bonds is 4. The zero-order chi connectivity index (χ0) is 17.2. The normalized spacial score (nSPS) is 19.5. The summed E-state index contributed by atoms with van der Waals surface area (Å²) in [6.45, 7) is -0.467. The maximum absolute atomic E-state index is 12.8. The number of likely N-dealkylation sites (N-methyl/N-ethyl adjacent to an activating group) is 1. The van der Waals surface area contributed by atoms with Gasteiger partial charge >= 0.3 is 5.97 Å². The van der Waals surface area contributed by atoms with Gasteiger partial charge in [-0.3, -0.25) is 9.59 Å². The van der Waals surface area contributed by atoms with Crippen molar-refractivity contribution in [3.63, 3.8) is 0 Å². The highest BCUT2D eigenvalue weighted by Gasteiger charge is 2.43. The fourth-order valence-electron chi connectivity index (χ4n) is 2.28. The van der Waals surface area contributed by atoms with Crippen molar-refractivity contribution in [2.45, 2.75) is 10.9 Å². The van der Waals surface area contributed by atoms with Gasteiger partial charge in [-0.2, -0.15) is 4.31 Å². The summed E-state index contributed by atoms with van der Waals surface area (Å²) in [6.07, 6.45) is 0. The molecule has 1 atom stereocenters. The third-order valence-electron chi connectivity index (χ3n) is 3.65. The molecule has 0 saturated carbocycles. The van der Waals surface area contributed by atoms with E-state index in [1.165, 1.54) is 50.4 Å². The van der Waals surface area contributed by atoms with E-state index in [1.54, 1.807) is 0 Å². The smallest absolute Gasteiger partial charge is 0.326 e. The topological polar surface area (TPSA) is 93.2 Å². The summed E-state index contributed by atoms with van der Waals surface area (Å²) in [5.74, 6) is -0.591. The Morgan fingerprint density at radius 2 is 1.83 bits per heavy atom. The Morgan fingerprint density at radius 1 is 1.22 bits per heavy atom. The molecule has 0 N–H and O–H groups in total. The van der Waals surface area contributed by atoms with Crippen LogP contribution in [0.4, 0.5) is 0 Å². The third kappa shape index (κ3) is 3.30. The van der Waals surface area contributed by atoms with Crippen LogP contribution in [0.3, 0.4) is 0 Å². The van der Waals surface area contributed by atoms with Crippen molar-refractivity contribution in [3.05, 3.63) is 24.3 Å². The fraction of sp³-hybridized carbons (Fsp3) is 0.429. The van der Waals surface area contributed by atoms with E-state index in [0.717, 1.165) is 4.31 Å². The van der Waals surface area contributed by atoms with Crippen molar-refractivity contribution in [2.75, 3.05) is 34.4 Å². The minimum atomic E-state index is -4.02. The highest BCUT2D eigenvalue weighted by Crippen LogP contribution is 2.24. The Bertz CT molecular complexity index is 700. The van der Waals surface area contributed by atoms with Crippen molar-refractivity contribution < 1.29 is 27.5 Å². The van der Waals surface area contributed by atoms with E-state index >= 15 is 0 Å². The summed E-state index contributed by atoms with van der Waals surface area (Å²) in [5.41, 5.74) is 0. The molecule has 1 heterocycles. The maximum Gasteiger partial charge on any atom is 0.326 e. The number of piperazine rings is 1. The first kappa shape index (κ1) is 17.2. The van der Waals surface area contributed by atoms with Crippen molar-refractivity contribution in [3.8, 4) is 5.75 Å². The van der Waals surface area contributed by atoms with E-state index in [0.29, 0.717) is 5.75 Å². The van der Waals surface area contributed by atoms with Gasteiger partial charge in [0.2, 0.25) is 15.9 Å². The molecular weight excluding hydrogens is 324 g/mol. The summed E-state index contributed by atoms with van der Waals surface area (Å²) in [4.78, 5) is 25.1. The van der Waals surface area contributed by atoms with Crippen molar-refractivity contribution in [1.82, 2.24) is 9.21 Å². The predicted molar refractivity (Wildman–Crippen MR) is 80.3 cm³/mol. The van der Waals surface area contributed by atoms with E-state index in [1.807, 2.05) is 0 Å². The largest absolute Gasteiger partial charge is 0.497 e. The lowest BCUT2D eigenvalue weighted by Gasteiger charge is -2.36. The van der Waals surface area contributed by atoms with Gasteiger partial charge in [-0.15, -0.1) is 0 Å². The van der Waals surface area contributed by atoms with E-state index < -0.39 is 28.6 Å². The number of hydrogen-bond donors (Lipinski definition) is 0. The zero-order valence-electron chi connectivity index (χ0n) is 13.1. The first-order valence-corrected chi connectivity index (χ1v) is 8.23. The molecule has 0 aromatic heterocycles. The van der Waals surface area contributed by atoms with Gasteiger partial charge in [0.1, 0.15) is 11.8 Å². The molecule has 2 rings (SSSR count). The SMILES string of the molecule is COC(=O)C1CN(C)C(=O)CN1S(=O)(=O)c1ccc(OC)cc1. The highest BCUT2D eigenvalue weighted by atomic mass is 32.2. The Morgan fingerprint density at radius 3 is 2.35 bits per heavy atom. The summed E-state index contributed by atoms with van der Waals surface area (Å²) < 4.78 is 36.1. The minimum Gasteiger partial charge on any atom is -0.497 e. The Hall–Kier alpha value is -2.13. The summed E-state index contributed by atoms with van der Waals surface area (Å²) in [6, 6.07) is 4.65. The molecule has 1 unspecified atom stereocenters. The van der Waals surface area contributed by atoms with Gasteiger partial charge in [0.25, 0.3) is 0 Å². The number of esters is 1. The van der Waals surface area contributed by atoms with Gasteiger partial charge in [-0.25, -0.2) is 8.42 Å². The van der Waals surface area contributed by atoms with Crippen LogP contribution < -0.4 is 4.74 Å². The monoisotopic (exact) mass is 342 g/mol. The molecule has 9 heteroatoms. The maximum atomic E-state index is 12.8. The van der Waals surface area contributed by atoms with Crippen LogP contribution in [0, 0.1) is 0 Å². The van der Waals surface area contributed by atoms with Crippen LogP contribution >= 0.6 is 0 Å². The van der Waals surface area contributed by atoms with Crippen LogP contribution in [-0.4, -0.2) is 69.9 Å². The Kier molecular flexibility index (Phi) is 4.90. The molecule has 1 aromatic rings. The number of carbonyl (C=O) groups is 2.